The Balaban J connectivity index is 1.90. The number of nitrogens with two attached hydrogens (primary N) is 1. The Morgan fingerprint density at radius 3 is 2.95 bits per heavy atom. The molecule has 1 aliphatic heterocycles. The molecule has 6 heteroatoms. The Kier molecular flexibility index (Phi) is 4.08. The van der Waals surface area contributed by atoms with Gasteiger partial charge in [-0.1, -0.05) is 6.07 Å². The number of H-pyrrole nitrogens is 1. The van der Waals surface area contributed by atoms with E-state index in [0.29, 0.717) is 6.04 Å². The van der Waals surface area contributed by atoms with E-state index in [1.807, 2.05) is 18.2 Å². The Morgan fingerprint density at radius 1 is 1.45 bits per heavy atom. The van der Waals surface area contributed by atoms with Gasteiger partial charge in [-0.15, -0.1) is 0 Å². The molecule has 3 rings (SSSR count). The van der Waals surface area contributed by atoms with Gasteiger partial charge in [-0.2, -0.15) is 0 Å². The third-order valence-electron chi connectivity index (χ3n) is 4.37. The van der Waals surface area contributed by atoms with Crippen molar-refractivity contribution in [3.05, 3.63) is 40.9 Å². The lowest BCUT2D eigenvalue weighted by molar-refractivity contribution is 0.310. The van der Waals surface area contributed by atoms with E-state index in [4.69, 9.17) is 5.14 Å². The summed E-state index contributed by atoms with van der Waals surface area (Å²) in [6.07, 6.45) is 7.09. The summed E-state index contributed by atoms with van der Waals surface area (Å²) >= 11 is 0. The summed E-state index contributed by atoms with van der Waals surface area (Å²) in [6.45, 7) is 1.16. The molecular weight excluding hydrogens is 298 g/mol. The molecule has 1 unspecified atom stereocenters. The number of aromatic amines is 1. The van der Waals surface area contributed by atoms with Gasteiger partial charge in [0.15, 0.2) is 0 Å². The quantitative estimate of drug-likeness (QED) is 0.905. The first-order valence-corrected chi connectivity index (χ1v) is 9.04. The van der Waals surface area contributed by atoms with Crippen molar-refractivity contribution >= 4 is 27.0 Å². The highest BCUT2D eigenvalue weighted by molar-refractivity contribution is 7.92. The van der Waals surface area contributed by atoms with Crippen molar-refractivity contribution in [2.45, 2.75) is 25.3 Å². The van der Waals surface area contributed by atoms with E-state index < -0.39 is 10.0 Å². The van der Waals surface area contributed by atoms with Gasteiger partial charge >= 0.3 is 0 Å². The Bertz CT molecular complexity index is 808. The molecule has 2 heterocycles. The van der Waals surface area contributed by atoms with Gasteiger partial charge in [0.05, 0.1) is 0 Å². The SMILES string of the molecule is CN1CCCC1Cc1c[nH]c2ccc(C=CS(N)(=O)=O)cc12. The second-order valence-electron chi connectivity index (χ2n) is 5.99. The Hall–Kier alpha value is -1.63. The average Bonchev–Trinajstić information content (AvgIpc) is 3.04. The van der Waals surface area contributed by atoms with Gasteiger partial charge in [-0.3, -0.25) is 0 Å². The molecule has 1 atom stereocenters. The third-order valence-corrected chi connectivity index (χ3v) is 4.88. The van der Waals surface area contributed by atoms with Crippen molar-refractivity contribution in [3.8, 4) is 0 Å². The van der Waals surface area contributed by atoms with Crippen molar-refractivity contribution in [3.63, 3.8) is 0 Å². The summed E-state index contributed by atoms with van der Waals surface area (Å²) < 4.78 is 22.1. The Morgan fingerprint density at radius 2 is 2.27 bits per heavy atom. The van der Waals surface area contributed by atoms with Crippen LogP contribution in [0.15, 0.2) is 29.8 Å². The molecular formula is C16H21N3O2S. The van der Waals surface area contributed by atoms with Gasteiger partial charge in [0.25, 0.3) is 0 Å². The first-order chi connectivity index (χ1) is 10.4. The number of benzene rings is 1. The predicted octanol–water partition coefficient (Wildman–Crippen LogP) is 2.06. The van der Waals surface area contributed by atoms with Crippen LogP contribution in [0.2, 0.25) is 0 Å². The zero-order valence-electron chi connectivity index (χ0n) is 12.6. The van der Waals surface area contributed by atoms with Crippen LogP contribution in [0.5, 0.6) is 0 Å². The molecule has 0 saturated carbocycles. The fourth-order valence-corrected chi connectivity index (χ4v) is 3.48. The first kappa shape index (κ1) is 15.3. The molecule has 22 heavy (non-hydrogen) atoms. The van der Waals surface area contributed by atoms with E-state index in [2.05, 4.69) is 23.1 Å². The van der Waals surface area contributed by atoms with Gasteiger partial charge in [0.2, 0.25) is 10.0 Å². The largest absolute Gasteiger partial charge is 0.361 e. The minimum absolute atomic E-state index is 0.586. The number of aromatic nitrogens is 1. The van der Waals surface area contributed by atoms with Crippen LogP contribution in [0.25, 0.3) is 17.0 Å². The lowest BCUT2D eigenvalue weighted by Gasteiger charge is -2.18. The molecule has 3 N–H and O–H groups in total. The van der Waals surface area contributed by atoms with Gasteiger partial charge in [-0.25, -0.2) is 13.6 Å². The number of hydrogen-bond acceptors (Lipinski definition) is 3. The van der Waals surface area contributed by atoms with E-state index in [1.165, 1.54) is 24.5 Å². The summed E-state index contributed by atoms with van der Waals surface area (Å²) in [5, 5.41) is 7.19. The molecule has 0 spiro atoms. The van der Waals surface area contributed by atoms with Crippen LogP contribution in [-0.4, -0.2) is 37.9 Å². The molecule has 118 valence electrons. The van der Waals surface area contributed by atoms with Gasteiger partial charge in [0.1, 0.15) is 0 Å². The molecule has 1 aliphatic rings. The fourth-order valence-electron chi connectivity index (χ4n) is 3.13. The highest BCUT2D eigenvalue weighted by Crippen LogP contribution is 2.25. The maximum Gasteiger partial charge on any atom is 0.231 e. The molecule has 0 amide bonds. The third kappa shape index (κ3) is 3.40. The van der Waals surface area contributed by atoms with E-state index in [1.54, 1.807) is 0 Å². The molecule has 0 radical (unpaired) electrons. The number of sulfonamides is 1. The zero-order valence-corrected chi connectivity index (χ0v) is 13.4. The first-order valence-electron chi connectivity index (χ1n) is 7.43. The number of rotatable bonds is 4. The number of hydrogen-bond donors (Lipinski definition) is 2. The Labute approximate surface area is 130 Å². The number of likely N-dealkylation sites (tertiary alicyclic amines) is 1. The second kappa shape index (κ2) is 5.87. The van der Waals surface area contributed by atoms with Crippen LogP contribution in [-0.2, 0) is 16.4 Å². The van der Waals surface area contributed by atoms with Crippen LogP contribution < -0.4 is 5.14 Å². The summed E-state index contributed by atoms with van der Waals surface area (Å²) in [7, 11) is -1.42. The second-order valence-corrected chi connectivity index (χ2v) is 7.44. The summed E-state index contributed by atoms with van der Waals surface area (Å²) in [6, 6.07) is 6.45. The lowest BCUT2D eigenvalue weighted by atomic mass is 10.0. The predicted molar refractivity (Wildman–Crippen MR) is 89.8 cm³/mol. The topological polar surface area (TPSA) is 79.2 Å². The van der Waals surface area contributed by atoms with Crippen molar-refractivity contribution in [2.24, 2.45) is 5.14 Å². The molecule has 1 saturated heterocycles. The minimum Gasteiger partial charge on any atom is -0.361 e. The average molecular weight is 319 g/mol. The van der Waals surface area contributed by atoms with Crippen LogP contribution >= 0.6 is 0 Å². The van der Waals surface area contributed by atoms with Gasteiger partial charge in [-0.05, 0) is 62.2 Å². The maximum absolute atomic E-state index is 11.0. The van der Waals surface area contributed by atoms with Crippen molar-refractivity contribution in [1.82, 2.24) is 9.88 Å². The van der Waals surface area contributed by atoms with E-state index in [-0.39, 0.29) is 0 Å². The van der Waals surface area contributed by atoms with Crippen LogP contribution in [0.4, 0.5) is 0 Å². The van der Waals surface area contributed by atoms with Crippen LogP contribution in [0.1, 0.15) is 24.0 Å². The van der Waals surface area contributed by atoms with Crippen LogP contribution in [0, 0.1) is 0 Å². The molecule has 1 fully saturated rings. The highest BCUT2D eigenvalue weighted by atomic mass is 32.2. The molecule has 0 bridgehead atoms. The van der Waals surface area contributed by atoms with Crippen molar-refractivity contribution < 1.29 is 8.42 Å². The summed E-state index contributed by atoms with van der Waals surface area (Å²) in [5.74, 6) is 0. The summed E-state index contributed by atoms with van der Waals surface area (Å²) in [5.41, 5.74) is 3.19. The van der Waals surface area contributed by atoms with E-state index in [9.17, 15) is 8.42 Å². The van der Waals surface area contributed by atoms with Gasteiger partial charge < -0.3 is 9.88 Å². The molecule has 2 aromatic rings. The number of nitrogens with one attached hydrogen (secondary N) is 1. The fraction of sp³-hybridized carbons (Fsp3) is 0.375. The number of primary sulfonamides is 1. The van der Waals surface area contributed by atoms with Crippen LogP contribution in [0.3, 0.4) is 0 Å². The van der Waals surface area contributed by atoms with Gasteiger partial charge in [0, 0.05) is 28.5 Å². The molecule has 1 aromatic carbocycles. The zero-order chi connectivity index (χ0) is 15.7. The maximum atomic E-state index is 11.0. The molecule has 1 aromatic heterocycles. The van der Waals surface area contributed by atoms with Crippen molar-refractivity contribution in [2.75, 3.05) is 13.6 Å². The molecule has 0 aliphatic carbocycles. The monoisotopic (exact) mass is 319 g/mol. The molecule has 5 nitrogen and oxygen atoms in total. The normalized spacial score (nSPS) is 20.4. The lowest BCUT2D eigenvalue weighted by Crippen LogP contribution is -2.26. The smallest absolute Gasteiger partial charge is 0.231 e. The number of likely N-dealkylation sites (N-methyl/N-ethyl adjacent to an activating group) is 1. The number of fused-ring (bicyclic) bond motifs is 1. The van der Waals surface area contributed by atoms with E-state index in [0.717, 1.165) is 34.8 Å². The van der Waals surface area contributed by atoms with Crippen molar-refractivity contribution in [1.29, 1.82) is 0 Å². The number of nitrogens with zero attached hydrogens (tertiary/aromatic N) is 1. The minimum atomic E-state index is -3.59. The summed E-state index contributed by atoms with van der Waals surface area (Å²) in [4.78, 5) is 5.70. The highest BCUT2D eigenvalue weighted by Gasteiger charge is 2.22. The van der Waals surface area contributed by atoms with E-state index >= 15 is 0 Å². The standard InChI is InChI=1S/C16H21N3O2S/c1-19-7-2-3-14(19)10-13-11-18-16-5-4-12(9-15(13)16)6-8-22(17,20)21/h4-6,8-9,11,14,18H,2-3,7,10H2,1H3,(H2,17,20,21).